The largest absolute Gasteiger partial charge is 0.496 e. The second-order valence-corrected chi connectivity index (χ2v) is 4.51. The van der Waals surface area contributed by atoms with Crippen LogP contribution in [0.4, 0.5) is 4.39 Å². The van der Waals surface area contributed by atoms with Crippen LogP contribution in [-0.4, -0.2) is 17.3 Å². The van der Waals surface area contributed by atoms with Crippen LogP contribution in [0.15, 0.2) is 24.4 Å². The average molecular weight is 263 g/mol. The lowest BCUT2D eigenvalue weighted by Crippen LogP contribution is -2.19. The molecule has 0 radical (unpaired) electrons. The van der Waals surface area contributed by atoms with Crippen molar-refractivity contribution in [1.29, 1.82) is 0 Å². The van der Waals surface area contributed by atoms with Crippen LogP contribution in [0.2, 0.25) is 0 Å². The number of H-pyrrole nitrogens is 1. The van der Waals surface area contributed by atoms with Crippen LogP contribution in [0.25, 0.3) is 0 Å². The Balaban J connectivity index is 2.09. The van der Waals surface area contributed by atoms with Gasteiger partial charge in [0, 0.05) is 29.4 Å². The van der Waals surface area contributed by atoms with Gasteiger partial charge in [-0.25, -0.2) is 4.39 Å². The molecule has 2 aromatic rings. The molecule has 1 heterocycles. The molecule has 0 unspecified atom stereocenters. The van der Waals surface area contributed by atoms with Gasteiger partial charge in [0.25, 0.3) is 0 Å². The van der Waals surface area contributed by atoms with Crippen molar-refractivity contribution in [3.63, 3.8) is 0 Å². The van der Waals surface area contributed by atoms with Crippen LogP contribution < -0.4 is 10.1 Å². The summed E-state index contributed by atoms with van der Waals surface area (Å²) >= 11 is 0. The molecule has 0 aliphatic carbocycles. The second-order valence-electron chi connectivity index (χ2n) is 4.51. The highest BCUT2D eigenvalue weighted by Gasteiger charge is 2.12. The van der Waals surface area contributed by atoms with E-state index in [0.717, 1.165) is 16.8 Å². The van der Waals surface area contributed by atoms with E-state index in [-0.39, 0.29) is 11.9 Å². The van der Waals surface area contributed by atoms with Gasteiger partial charge in [-0.05, 0) is 32.0 Å². The number of hydrogen-bond donors (Lipinski definition) is 2. The number of rotatable bonds is 5. The Hall–Kier alpha value is -1.88. The van der Waals surface area contributed by atoms with E-state index in [9.17, 15) is 4.39 Å². The number of methoxy groups -OCH3 is 1. The van der Waals surface area contributed by atoms with Crippen molar-refractivity contribution in [2.24, 2.45) is 0 Å². The molecular weight excluding hydrogens is 245 g/mol. The molecule has 0 aliphatic heterocycles. The molecule has 19 heavy (non-hydrogen) atoms. The minimum absolute atomic E-state index is 0.0139. The molecule has 5 heteroatoms. The Bertz CT molecular complexity index is 553. The highest BCUT2D eigenvalue weighted by Crippen LogP contribution is 2.26. The molecule has 0 saturated carbocycles. The van der Waals surface area contributed by atoms with E-state index >= 15 is 0 Å². The number of ether oxygens (including phenoxy) is 1. The summed E-state index contributed by atoms with van der Waals surface area (Å²) in [6.45, 7) is 4.62. The molecule has 4 nitrogen and oxygen atoms in total. The van der Waals surface area contributed by atoms with Crippen LogP contribution >= 0.6 is 0 Å². The molecule has 0 saturated heterocycles. The number of halogens is 1. The molecule has 1 atom stereocenters. The number of aromatic nitrogens is 2. The van der Waals surface area contributed by atoms with E-state index < -0.39 is 0 Å². The smallest absolute Gasteiger partial charge is 0.123 e. The lowest BCUT2D eigenvalue weighted by molar-refractivity contribution is 0.399. The zero-order chi connectivity index (χ0) is 13.8. The lowest BCUT2D eigenvalue weighted by Gasteiger charge is -2.17. The standard InChI is InChI=1S/C14H18FN3O/c1-9-11(8-17-18-9)7-16-10(2)13-6-12(15)4-5-14(13)19-3/h4-6,8,10,16H,7H2,1-3H3,(H,17,18)/t10-/m1/s1. The van der Waals surface area contributed by atoms with Crippen molar-refractivity contribution in [2.75, 3.05) is 7.11 Å². The molecule has 0 spiro atoms. The summed E-state index contributed by atoms with van der Waals surface area (Å²) < 4.78 is 18.6. The Morgan fingerprint density at radius 1 is 1.47 bits per heavy atom. The lowest BCUT2D eigenvalue weighted by atomic mass is 10.1. The van der Waals surface area contributed by atoms with Crippen LogP contribution in [-0.2, 0) is 6.54 Å². The molecule has 1 aromatic heterocycles. The summed E-state index contributed by atoms with van der Waals surface area (Å²) in [4.78, 5) is 0. The van der Waals surface area contributed by atoms with Crippen LogP contribution in [0.3, 0.4) is 0 Å². The fraction of sp³-hybridized carbons (Fsp3) is 0.357. The quantitative estimate of drug-likeness (QED) is 0.872. The number of nitrogens with zero attached hydrogens (tertiary/aromatic N) is 1. The molecule has 2 rings (SSSR count). The maximum Gasteiger partial charge on any atom is 0.123 e. The van der Waals surface area contributed by atoms with Gasteiger partial charge in [-0.1, -0.05) is 0 Å². The molecule has 0 aliphatic rings. The summed E-state index contributed by atoms with van der Waals surface area (Å²) in [6, 6.07) is 4.53. The Labute approximate surface area is 112 Å². The third-order valence-corrected chi connectivity index (χ3v) is 3.19. The highest BCUT2D eigenvalue weighted by atomic mass is 19.1. The summed E-state index contributed by atoms with van der Waals surface area (Å²) in [5.74, 6) is 0.425. The molecule has 2 N–H and O–H groups in total. The molecule has 0 bridgehead atoms. The van der Waals surface area contributed by atoms with Gasteiger partial charge in [0.15, 0.2) is 0 Å². The third kappa shape index (κ3) is 3.12. The maximum absolute atomic E-state index is 13.3. The zero-order valence-electron chi connectivity index (χ0n) is 11.3. The van der Waals surface area contributed by atoms with E-state index in [1.165, 1.54) is 12.1 Å². The van der Waals surface area contributed by atoms with Gasteiger partial charge < -0.3 is 10.1 Å². The van der Waals surface area contributed by atoms with Crippen molar-refractivity contribution in [3.05, 3.63) is 47.0 Å². The molecule has 0 fully saturated rings. The first kappa shape index (κ1) is 13.5. The van der Waals surface area contributed by atoms with Gasteiger partial charge >= 0.3 is 0 Å². The number of hydrogen-bond acceptors (Lipinski definition) is 3. The summed E-state index contributed by atoms with van der Waals surface area (Å²) in [7, 11) is 1.59. The van der Waals surface area contributed by atoms with Gasteiger partial charge in [-0.2, -0.15) is 5.10 Å². The van der Waals surface area contributed by atoms with Gasteiger partial charge in [0.05, 0.1) is 13.3 Å². The predicted octanol–water partition coefficient (Wildman–Crippen LogP) is 2.72. The normalized spacial score (nSPS) is 12.4. The fourth-order valence-electron chi connectivity index (χ4n) is 1.97. The van der Waals surface area contributed by atoms with Crippen LogP contribution in [0.5, 0.6) is 5.75 Å². The third-order valence-electron chi connectivity index (χ3n) is 3.19. The zero-order valence-corrected chi connectivity index (χ0v) is 11.3. The first-order valence-corrected chi connectivity index (χ1v) is 6.17. The van der Waals surface area contributed by atoms with Crippen molar-refractivity contribution >= 4 is 0 Å². The average Bonchev–Trinajstić information content (AvgIpc) is 2.81. The predicted molar refractivity (Wildman–Crippen MR) is 71.5 cm³/mol. The number of aromatic amines is 1. The number of benzene rings is 1. The van der Waals surface area contributed by atoms with Gasteiger partial charge in [-0.3, -0.25) is 5.10 Å². The Morgan fingerprint density at radius 2 is 2.26 bits per heavy atom. The van der Waals surface area contributed by atoms with E-state index in [1.807, 2.05) is 13.8 Å². The molecule has 0 amide bonds. The fourth-order valence-corrected chi connectivity index (χ4v) is 1.97. The number of aryl methyl sites for hydroxylation is 1. The van der Waals surface area contributed by atoms with E-state index in [2.05, 4.69) is 15.5 Å². The first-order valence-electron chi connectivity index (χ1n) is 6.17. The summed E-state index contributed by atoms with van der Waals surface area (Å²) in [5.41, 5.74) is 2.94. The summed E-state index contributed by atoms with van der Waals surface area (Å²) in [6.07, 6.45) is 1.79. The Kier molecular flexibility index (Phi) is 4.16. The maximum atomic E-state index is 13.3. The monoisotopic (exact) mass is 263 g/mol. The van der Waals surface area contributed by atoms with E-state index in [4.69, 9.17) is 4.74 Å². The molecular formula is C14H18FN3O. The van der Waals surface area contributed by atoms with Gasteiger partial charge in [0.1, 0.15) is 11.6 Å². The van der Waals surface area contributed by atoms with Crippen LogP contribution in [0.1, 0.15) is 29.8 Å². The van der Waals surface area contributed by atoms with E-state index in [1.54, 1.807) is 19.4 Å². The first-order chi connectivity index (χ1) is 9.11. The van der Waals surface area contributed by atoms with Gasteiger partial charge in [0.2, 0.25) is 0 Å². The minimum atomic E-state index is -0.260. The minimum Gasteiger partial charge on any atom is -0.496 e. The van der Waals surface area contributed by atoms with Gasteiger partial charge in [-0.15, -0.1) is 0 Å². The van der Waals surface area contributed by atoms with Crippen molar-refractivity contribution in [3.8, 4) is 5.75 Å². The van der Waals surface area contributed by atoms with Crippen molar-refractivity contribution in [2.45, 2.75) is 26.4 Å². The number of nitrogens with one attached hydrogen (secondary N) is 2. The Morgan fingerprint density at radius 3 is 2.89 bits per heavy atom. The van der Waals surface area contributed by atoms with Crippen LogP contribution in [0, 0.1) is 12.7 Å². The summed E-state index contributed by atoms with van der Waals surface area (Å²) in [5, 5.41) is 10.2. The van der Waals surface area contributed by atoms with Crippen molar-refractivity contribution in [1.82, 2.24) is 15.5 Å². The molecule has 1 aromatic carbocycles. The topological polar surface area (TPSA) is 49.9 Å². The van der Waals surface area contributed by atoms with Crippen molar-refractivity contribution < 1.29 is 9.13 Å². The second kappa shape index (κ2) is 5.84. The molecule has 102 valence electrons. The SMILES string of the molecule is COc1ccc(F)cc1[C@@H](C)NCc1cn[nH]c1C. The van der Waals surface area contributed by atoms with E-state index in [0.29, 0.717) is 12.3 Å². The highest BCUT2D eigenvalue weighted by molar-refractivity contribution is 5.36.